The van der Waals surface area contributed by atoms with Gasteiger partial charge >= 0.3 is 7.60 Å². The summed E-state index contributed by atoms with van der Waals surface area (Å²) in [6.07, 6.45) is 0.0390. The number of hydrogen-bond acceptors (Lipinski definition) is 3. The van der Waals surface area contributed by atoms with Crippen LogP contribution in [0.5, 0.6) is 0 Å². The van der Waals surface area contributed by atoms with Crippen molar-refractivity contribution >= 4 is 7.60 Å². The minimum Gasteiger partial charge on any atom is -0.323 e. The molecule has 0 aliphatic carbocycles. The third-order valence-corrected chi connectivity index (χ3v) is 2.18. The molecule has 0 heterocycles. The number of rotatable bonds is 5. The van der Waals surface area contributed by atoms with Crippen molar-refractivity contribution < 1.29 is 14.0 Å². The highest BCUT2D eigenvalue weighted by Crippen LogP contribution is 2.39. The largest absolute Gasteiger partial charge is 0.341 e. The standard InChI is InChI=1S/C5H14NO3P/c1-3-6-5-10(7,8)9-4-2/h6H,3-5H2,1-2H3,(H,7,8). The molecule has 2 N–H and O–H groups in total. The minimum absolute atomic E-state index is 0.0390. The van der Waals surface area contributed by atoms with Crippen molar-refractivity contribution in [3.8, 4) is 0 Å². The first-order chi connectivity index (χ1) is 4.62. The van der Waals surface area contributed by atoms with E-state index in [2.05, 4.69) is 9.84 Å². The van der Waals surface area contributed by atoms with Gasteiger partial charge in [0.1, 0.15) is 0 Å². The van der Waals surface area contributed by atoms with Crippen molar-refractivity contribution in [1.29, 1.82) is 0 Å². The molecule has 0 aromatic heterocycles. The van der Waals surface area contributed by atoms with Gasteiger partial charge < -0.3 is 14.7 Å². The van der Waals surface area contributed by atoms with E-state index < -0.39 is 7.60 Å². The van der Waals surface area contributed by atoms with Crippen molar-refractivity contribution in [1.82, 2.24) is 5.32 Å². The van der Waals surface area contributed by atoms with E-state index in [1.807, 2.05) is 6.92 Å². The Balaban J connectivity index is 3.53. The molecule has 0 saturated heterocycles. The van der Waals surface area contributed by atoms with Gasteiger partial charge in [0.15, 0.2) is 0 Å². The summed E-state index contributed by atoms with van der Waals surface area (Å²) in [5.41, 5.74) is 0. The van der Waals surface area contributed by atoms with E-state index in [-0.39, 0.29) is 12.9 Å². The predicted molar refractivity (Wildman–Crippen MR) is 40.0 cm³/mol. The van der Waals surface area contributed by atoms with Crippen LogP contribution in [0.4, 0.5) is 0 Å². The van der Waals surface area contributed by atoms with Gasteiger partial charge in [-0.3, -0.25) is 4.57 Å². The van der Waals surface area contributed by atoms with Gasteiger partial charge in [-0.25, -0.2) is 0 Å². The van der Waals surface area contributed by atoms with Gasteiger partial charge in [0.05, 0.1) is 12.9 Å². The van der Waals surface area contributed by atoms with E-state index in [9.17, 15) is 4.57 Å². The molecule has 0 saturated carbocycles. The van der Waals surface area contributed by atoms with Gasteiger partial charge in [0.25, 0.3) is 0 Å². The first kappa shape index (κ1) is 10.1. The lowest BCUT2D eigenvalue weighted by Gasteiger charge is -2.09. The van der Waals surface area contributed by atoms with Gasteiger partial charge in [0.2, 0.25) is 0 Å². The van der Waals surface area contributed by atoms with Crippen LogP contribution < -0.4 is 5.32 Å². The molecular weight excluding hydrogens is 153 g/mol. The van der Waals surface area contributed by atoms with Crippen molar-refractivity contribution in [3.63, 3.8) is 0 Å². The maximum Gasteiger partial charge on any atom is 0.341 e. The van der Waals surface area contributed by atoms with Crippen LogP contribution >= 0.6 is 7.60 Å². The molecule has 62 valence electrons. The Kier molecular flexibility index (Phi) is 4.91. The maximum atomic E-state index is 10.8. The van der Waals surface area contributed by atoms with Crippen LogP contribution in [-0.2, 0) is 9.09 Å². The Morgan fingerprint density at radius 3 is 2.60 bits per heavy atom. The fraction of sp³-hybridized carbons (Fsp3) is 1.00. The molecule has 0 radical (unpaired) electrons. The van der Waals surface area contributed by atoms with Crippen LogP contribution in [0.15, 0.2) is 0 Å². The Labute approximate surface area is 61.1 Å². The highest BCUT2D eigenvalue weighted by Gasteiger charge is 2.16. The summed E-state index contributed by atoms with van der Waals surface area (Å²) >= 11 is 0. The minimum atomic E-state index is -3.32. The normalized spacial score (nSPS) is 16.7. The second kappa shape index (κ2) is 4.85. The van der Waals surface area contributed by atoms with Crippen LogP contribution in [0.1, 0.15) is 13.8 Å². The smallest absolute Gasteiger partial charge is 0.323 e. The van der Waals surface area contributed by atoms with Gasteiger partial charge in [-0.1, -0.05) is 6.92 Å². The van der Waals surface area contributed by atoms with Crippen molar-refractivity contribution in [2.24, 2.45) is 0 Å². The molecule has 0 rings (SSSR count). The third kappa shape index (κ3) is 4.94. The van der Waals surface area contributed by atoms with Crippen molar-refractivity contribution in [2.75, 3.05) is 19.4 Å². The van der Waals surface area contributed by atoms with Crippen LogP contribution in [-0.4, -0.2) is 24.3 Å². The summed E-state index contributed by atoms with van der Waals surface area (Å²) in [6, 6.07) is 0. The molecule has 0 bridgehead atoms. The Bertz CT molecular complexity index is 128. The number of hydrogen-bond donors (Lipinski definition) is 2. The molecular formula is C5H14NO3P. The molecule has 1 atom stereocenters. The van der Waals surface area contributed by atoms with E-state index in [0.717, 1.165) is 0 Å². The lowest BCUT2D eigenvalue weighted by Crippen LogP contribution is -2.15. The van der Waals surface area contributed by atoms with Gasteiger partial charge in [-0.15, -0.1) is 0 Å². The summed E-state index contributed by atoms with van der Waals surface area (Å²) in [6.45, 7) is 4.51. The quantitative estimate of drug-likeness (QED) is 0.594. The van der Waals surface area contributed by atoms with E-state index in [1.54, 1.807) is 6.92 Å². The summed E-state index contributed by atoms with van der Waals surface area (Å²) in [5.74, 6) is 0. The fourth-order valence-electron chi connectivity index (χ4n) is 0.500. The average molecular weight is 167 g/mol. The summed E-state index contributed by atoms with van der Waals surface area (Å²) < 4.78 is 15.4. The summed E-state index contributed by atoms with van der Waals surface area (Å²) in [5, 5.41) is 2.74. The first-order valence-corrected chi connectivity index (χ1v) is 5.05. The monoisotopic (exact) mass is 167 g/mol. The molecule has 10 heavy (non-hydrogen) atoms. The molecule has 0 amide bonds. The molecule has 4 nitrogen and oxygen atoms in total. The zero-order valence-electron chi connectivity index (χ0n) is 6.33. The van der Waals surface area contributed by atoms with E-state index in [1.165, 1.54) is 0 Å². The van der Waals surface area contributed by atoms with Crippen LogP contribution in [0.3, 0.4) is 0 Å². The van der Waals surface area contributed by atoms with Gasteiger partial charge in [-0.2, -0.15) is 0 Å². The predicted octanol–water partition coefficient (Wildman–Crippen LogP) is 0.775. The average Bonchev–Trinajstić information content (AvgIpc) is 1.84. The summed E-state index contributed by atoms with van der Waals surface area (Å²) in [4.78, 5) is 8.92. The Morgan fingerprint density at radius 1 is 1.60 bits per heavy atom. The Hall–Kier alpha value is 0.110. The first-order valence-electron chi connectivity index (χ1n) is 3.29. The Morgan fingerprint density at radius 2 is 2.20 bits per heavy atom. The molecule has 0 aromatic carbocycles. The number of nitrogens with one attached hydrogen (secondary N) is 1. The zero-order valence-corrected chi connectivity index (χ0v) is 7.23. The lowest BCUT2D eigenvalue weighted by molar-refractivity contribution is 0.271. The molecule has 5 heteroatoms. The SMILES string of the molecule is CCNCP(=O)(O)OCC. The molecule has 0 spiro atoms. The van der Waals surface area contributed by atoms with E-state index >= 15 is 0 Å². The second-order valence-corrected chi connectivity index (χ2v) is 3.67. The highest BCUT2D eigenvalue weighted by atomic mass is 31.2. The van der Waals surface area contributed by atoms with Crippen LogP contribution in [0.25, 0.3) is 0 Å². The van der Waals surface area contributed by atoms with Gasteiger partial charge in [-0.05, 0) is 13.5 Å². The second-order valence-electron chi connectivity index (χ2n) is 1.82. The maximum absolute atomic E-state index is 10.8. The fourth-order valence-corrected chi connectivity index (χ4v) is 1.50. The van der Waals surface area contributed by atoms with Gasteiger partial charge in [0, 0.05) is 0 Å². The molecule has 0 aromatic rings. The molecule has 1 unspecified atom stereocenters. The summed E-state index contributed by atoms with van der Waals surface area (Å²) in [7, 11) is -3.32. The molecule has 0 fully saturated rings. The van der Waals surface area contributed by atoms with Crippen LogP contribution in [0.2, 0.25) is 0 Å². The van der Waals surface area contributed by atoms with Crippen molar-refractivity contribution in [2.45, 2.75) is 13.8 Å². The lowest BCUT2D eigenvalue weighted by atomic mass is 10.8. The van der Waals surface area contributed by atoms with E-state index in [0.29, 0.717) is 6.54 Å². The zero-order chi connectivity index (χ0) is 8.04. The van der Waals surface area contributed by atoms with Crippen LogP contribution in [0, 0.1) is 0 Å². The highest BCUT2D eigenvalue weighted by molar-refractivity contribution is 7.52. The van der Waals surface area contributed by atoms with E-state index in [4.69, 9.17) is 4.89 Å². The van der Waals surface area contributed by atoms with Crippen molar-refractivity contribution in [3.05, 3.63) is 0 Å². The third-order valence-electron chi connectivity index (χ3n) is 0.892. The molecule has 0 aliphatic rings. The molecule has 0 aliphatic heterocycles. The topological polar surface area (TPSA) is 58.6 Å².